The van der Waals surface area contributed by atoms with E-state index in [0.29, 0.717) is 6.54 Å². The summed E-state index contributed by atoms with van der Waals surface area (Å²) in [6.45, 7) is 1.50. The van der Waals surface area contributed by atoms with Crippen LogP contribution >= 0.6 is 0 Å². The molecule has 7 heteroatoms. The standard InChI is InChI=1S/C8H10F3N3O/c9-8(10,11)7-13-6(14-15-7)5-2-1-3-12-4-5/h5,12H,1-4H2/t5-/m0/s1. The molecule has 1 aliphatic rings. The van der Waals surface area contributed by atoms with E-state index in [2.05, 4.69) is 20.0 Å². The van der Waals surface area contributed by atoms with Gasteiger partial charge in [-0.3, -0.25) is 0 Å². The van der Waals surface area contributed by atoms with Crippen LogP contribution in [0.25, 0.3) is 0 Å². The molecule has 1 N–H and O–H groups in total. The molecule has 0 bridgehead atoms. The second-order valence-corrected chi connectivity index (χ2v) is 3.50. The third-order valence-corrected chi connectivity index (χ3v) is 2.35. The Hall–Kier alpha value is -1.11. The number of halogens is 3. The van der Waals surface area contributed by atoms with Crippen LogP contribution in [-0.4, -0.2) is 23.2 Å². The van der Waals surface area contributed by atoms with Crippen molar-refractivity contribution in [2.75, 3.05) is 13.1 Å². The number of nitrogens with one attached hydrogen (secondary N) is 1. The maximum absolute atomic E-state index is 12.2. The Morgan fingerprint density at radius 3 is 2.73 bits per heavy atom. The van der Waals surface area contributed by atoms with E-state index >= 15 is 0 Å². The van der Waals surface area contributed by atoms with E-state index in [1.165, 1.54) is 0 Å². The number of alkyl halides is 3. The fourth-order valence-electron chi connectivity index (χ4n) is 1.59. The molecule has 84 valence electrons. The van der Waals surface area contributed by atoms with Crippen molar-refractivity contribution in [3.63, 3.8) is 0 Å². The van der Waals surface area contributed by atoms with Crippen molar-refractivity contribution in [2.24, 2.45) is 0 Å². The van der Waals surface area contributed by atoms with Crippen LogP contribution in [0.1, 0.15) is 30.5 Å². The molecule has 0 unspecified atom stereocenters. The molecule has 4 nitrogen and oxygen atoms in total. The third-order valence-electron chi connectivity index (χ3n) is 2.35. The summed E-state index contributed by atoms with van der Waals surface area (Å²) in [6, 6.07) is 0. The average Bonchev–Trinajstić information content (AvgIpc) is 2.67. The molecule has 2 heterocycles. The molecule has 1 atom stereocenters. The highest BCUT2D eigenvalue weighted by molar-refractivity contribution is 4.99. The Labute approximate surface area is 83.8 Å². The van der Waals surface area contributed by atoms with Crippen molar-refractivity contribution in [1.82, 2.24) is 15.5 Å². The molecule has 1 aliphatic heterocycles. The first-order chi connectivity index (χ1) is 7.07. The first-order valence-electron chi connectivity index (χ1n) is 4.69. The predicted molar refractivity (Wildman–Crippen MR) is 44.1 cm³/mol. The van der Waals surface area contributed by atoms with Gasteiger partial charge in [-0.15, -0.1) is 0 Å². The SMILES string of the molecule is FC(F)(F)c1nc([C@H]2CCCNC2)no1. The van der Waals surface area contributed by atoms with Crippen LogP contribution in [-0.2, 0) is 6.18 Å². The van der Waals surface area contributed by atoms with E-state index in [1.54, 1.807) is 0 Å². The van der Waals surface area contributed by atoms with Gasteiger partial charge in [0.15, 0.2) is 5.82 Å². The summed E-state index contributed by atoms with van der Waals surface area (Å²) in [5, 5.41) is 6.44. The lowest BCUT2D eigenvalue weighted by Gasteiger charge is -2.19. The van der Waals surface area contributed by atoms with E-state index in [0.717, 1.165) is 19.4 Å². The molecule has 0 amide bonds. The number of nitrogens with zero attached hydrogens (tertiary/aromatic N) is 2. The largest absolute Gasteiger partial charge is 0.471 e. The molecule has 1 aromatic heterocycles. The van der Waals surface area contributed by atoms with Crippen LogP contribution in [0.5, 0.6) is 0 Å². The van der Waals surface area contributed by atoms with Gasteiger partial charge in [0.25, 0.3) is 0 Å². The fourth-order valence-corrected chi connectivity index (χ4v) is 1.59. The van der Waals surface area contributed by atoms with Crippen molar-refractivity contribution >= 4 is 0 Å². The van der Waals surface area contributed by atoms with E-state index in [-0.39, 0.29) is 11.7 Å². The normalized spacial score (nSPS) is 23.0. The van der Waals surface area contributed by atoms with Gasteiger partial charge in [0.05, 0.1) is 0 Å². The summed E-state index contributed by atoms with van der Waals surface area (Å²) >= 11 is 0. The lowest BCUT2D eigenvalue weighted by Crippen LogP contribution is -2.29. The molecular weight excluding hydrogens is 211 g/mol. The van der Waals surface area contributed by atoms with Gasteiger partial charge in [-0.25, -0.2) is 0 Å². The summed E-state index contributed by atoms with van der Waals surface area (Å²) in [6.07, 6.45) is -2.84. The molecule has 1 fully saturated rings. The minimum atomic E-state index is -4.55. The second-order valence-electron chi connectivity index (χ2n) is 3.50. The summed E-state index contributed by atoms with van der Waals surface area (Å²) in [7, 11) is 0. The van der Waals surface area contributed by atoms with Crippen molar-refractivity contribution in [1.29, 1.82) is 0 Å². The van der Waals surface area contributed by atoms with Gasteiger partial charge in [-0.1, -0.05) is 5.16 Å². The first kappa shape index (κ1) is 10.4. The zero-order chi connectivity index (χ0) is 10.9. The lowest BCUT2D eigenvalue weighted by molar-refractivity contribution is -0.159. The van der Waals surface area contributed by atoms with Gasteiger partial charge in [0.1, 0.15) is 0 Å². The van der Waals surface area contributed by atoms with E-state index in [4.69, 9.17) is 0 Å². The topological polar surface area (TPSA) is 51.0 Å². The number of hydrogen-bond donors (Lipinski definition) is 1. The molecule has 1 aromatic rings. The molecule has 1 saturated heterocycles. The van der Waals surface area contributed by atoms with E-state index < -0.39 is 12.1 Å². The number of piperidine rings is 1. The Bertz CT molecular complexity index is 330. The highest BCUT2D eigenvalue weighted by Crippen LogP contribution is 2.29. The molecule has 0 aliphatic carbocycles. The maximum atomic E-state index is 12.2. The summed E-state index contributed by atoms with van der Waals surface area (Å²) < 4.78 is 40.6. The zero-order valence-corrected chi connectivity index (χ0v) is 7.84. The van der Waals surface area contributed by atoms with Crippen molar-refractivity contribution in [3.8, 4) is 0 Å². The molecular formula is C8H10F3N3O. The van der Waals surface area contributed by atoms with Gasteiger partial charge in [-0.05, 0) is 19.4 Å². The van der Waals surface area contributed by atoms with Crippen LogP contribution in [0, 0.1) is 0 Å². The molecule has 0 aromatic carbocycles. The Morgan fingerprint density at radius 1 is 1.40 bits per heavy atom. The van der Waals surface area contributed by atoms with Gasteiger partial charge >= 0.3 is 12.1 Å². The average molecular weight is 221 g/mol. The van der Waals surface area contributed by atoms with E-state index in [1.807, 2.05) is 0 Å². The number of hydrogen-bond acceptors (Lipinski definition) is 4. The highest BCUT2D eigenvalue weighted by atomic mass is 19.4. The van der Waals surface area contributed by atoms with Crippen LogP contribution in [0.15, 0.2) is 4.52 Å². The molecule has 2 rings (SSSR count). The van der Waals surface area contributed by atoms with Gasteiger partial charge in [0.2, 0.25) is 0 Å². The first-order valence-corrected chi connectivity index (χ1v) is 4.69. The second kappa shape index (κ2) is 3.80. The van der Waals surface area contributed by atoms with Crippen LogP contribution in [0.3, 0.4) is 0 Å². The van der Waals surface area contributed by atoms with Gasteiger partial charge in [-0.2, -0.15) is 18.2 Å². The minimum Gasteiger partial charge on any atom is -0.329 e. The van der Waals surface area contributed by atoms with E-state index in [9.17, 15) is 13.2 Å². The van der Waals surface area contributed by atoms with Crippen molar-refractivity contribution in [3.05, 3.63) is 11.7 Å². The Kier molecular flexibility index (Phi) is 2.64. The highest BCUT2D eigenvalue weighted by Gasteiger charge is 2.39. The van der Waals surface area contributed by atoms with Crippen molar-refractivity contribution < 1.29 is 17.7 Å². The summed E-state index contributed by atoms with van der Waals surface area (Å²) in [4.78, 5) is 3.36. The minimum absolute atomic E-state index is 0.0707. The van der Waals surface area contributed by atoms with Crippen LogP contribution in [0.4, 0.5) is 13.2 Å². The predicted octanol–water partition coefficient (Wildman–Crippen LogP) is 1.56. The monoisotopic (exact) mass is 221 g/mol. The molecule has 0 spiro atoms. The third kappa shape index (κ3) is 2.28. The zero-order valence-electron chi connectivity index (χ0n) is 7.84. The van der Waals surface area contributed by atoms with Crippen LogP contribution < -0.4 is 5.32 Å². The molecule has 0 saturated carbocycles. The molecule has 0 radical (unpaired) electrons. The summed E-state index contributed by atoms with van der Waals surface area (Å²) in [5.41, 5.74) is 0. The molecule has 15 heavy (non-hydrogen) atoms. The number of aromatic nitrogens is 2. The number of rotatable bonds is 1. The van der Waals surface area contributed by atoms with Gasteiger partial charge in [0, 0.05) is 12.5 Å². The summed E-state index contributed by atoms with van der Waals surface area (Å²) in [5.74, 6) is -1.18. The van der Waals surface area contributed by atoms with Crippen LogP contribution in [0.2, 0.25) is 0 Å². The lowest BCUT2D eigenvalue weighted by atomic mass is 9.99. The Balaban J connectivity index is 2.12. The maximum Gasteiger partial charge on any atom is 0.471 e. The quantitative estimate of drug-likeness (QED) is 0.781. The smallest absolute Gasteiger partial charge is 0.329 e. The Morgan fingerprint density at radius 2 is 2.20 bits per heavy atom. The van der Waals surface area contributed by atoms with Gasteiger partial charge < -0.3 is 9.84 Å². The fraction of sp³-hybridized carbons (Fsp3) is 0.750. The van der Waals surface area contributed by atoms with Crippen molar-refractivity contribution in [2.45, 2.75) is 24.9 Å².